The Balaban J connectivity index is 0. The maximum Gasteiger partial charge on any atom is 0.0221 e. The van der Waals surface area contributed by atoms with Crippen molar-refractivity contribution in [2.75, 3.05) is 5.75 Å². The molecule has 0 spiro atoms. The van der Waals surface area contributed by atoms with Gasteiger partial charge in [0.15, 0.2) is 0 Å². The van der Waals surface area contributed by atoms with Gasteiger partial charge < -0.3 is 0 Å². The summed E-state index contributed by atoms with van der Waals surface area (Å²) in [6.07, 6.45) is 1.09. The molecule has 1 unspecified atom stereocenters. The van der Waals surface area contributed by atoms with E-state index >= 15 is 0 Å². The van der Waals surface area contributed by atoms with Crippen molar-refractivity contribution in [2.45, 2.75) is 41.5 Å². The molecule has 0 fully saturated rings. The molecule has 0 aliphatic heterocycles. The fourth-order valence-corrected chi connectivity index (χ4v) is 1.31. The standard InChI is InChI=1S/C8H19NO2S.CH4/c1-7(8(2,3)4)5-6-12-11-9-10;/h7,9-10H,5-6H2,1-4H3;1H4. The van der Waals surface area contributed by atoms with Crippen LogP contribution in [0.4, 0.5) is 0 Å². The summed E-state index contributed by atoms with van der Waals surface area (Å²) >= 11 is 1.24. The Bertz CT molecular complexity index is 115. The third kappa shape index (κ3) is 8.56. The van der Waals surface area contributed by atoms with E-state index in [1.54, 1.807) is 5.64 Å². The Labute approximate surface area is 86.4 Å². The smallest absolute Gasteiger partial charge is 0.0221 e. The summed E-state index contributed by atoms with van der Waals surface area (Å²) in [6.45, 7) is 8.92. The highest BCUT2D eigenvalue weighted by Crippen LogP contribution is 2.28. The lowest BCUT2D eigenvalue weighted by molar-refractivity contribution is -0.0274. The molecule has 0 saturated carbocycles. The Morgan fingerprint density at radius 2 is 2.00 bits per heavy atom. The van der Waals surface area contributed by atoms with Crippen LogP contribution in [0.3, 0.4) is 0 Å². The number of nitrogens with one attached hydrogen (secondary N) is 1. The summed E-state index contributed by atoms with van der Waals surface area (Å²) in [6, 6.07) is 0. The lowest BCUT2D eigenvalue weighted by atomic mass is 9.81. The Kier molecular flexibility index (Phi) is 9.19. The molecular weight excluding hydrogens is 186 g/mol. The summed E-state index contributed by atoms with van der Waals surface area (Å²) in [5.41, 5.74) is 2.00. The summed E-state index contributed by atoms with van der Waals surface area (Å²) in [7, 11) is 0. The van der Waals surface area contributed by atoms with Gasteiger partial charge in [0.25, 0.3) is 0 Å². The first-order valence-corrected chi connectivity index (χ1v) is 5.07. The van der Waals surface area contributed by atoms with Gasteiger partial charge in [-0.15, -0.1) is 0 Å². The molecule has 0 heterocycles. The van der Waals surface area contributed by atoms with Gasteiger partial charge in [0.2, 0.25) is 0 Å². The van der Waals surface area contributed by atoms with Gasteiger partial charge in [-0.1, -0.05) is 40.8 Å². The van der Waals surface area contributed by atoms with Crippen molar-refractivity contribution >= 4 is 12.0 Å². The van der Waals surface area contributed by atoms with Crippen LogP contribution in [0.5, 0.6) is 0 Å². The second kappa shape index (κ2) is 7.62. The topological polar surface area (TPSA) is 41.5 Å². The van der Waals surface area contributed by atoms with Crippen LogP contribution in [-0.4, -0.2) is 11.0 Å². The van der Waals surface area contributed by atoms with E-state index in [2.05, 4.69) is 32.0 Å². The second-order valence-electron chi connectivity index (χ2n) is 4.05. The molecule has 0 aliphatic carbocycles. The molecule has 3 nitrogen and oxygen atoms in total. The van der Waals surface area contributed by atoms with E-state index in [-0.39, 0.29) is 7.43 Å². The predicted molar refractivity (Wildman–Crippen MR) is 58.4 cm³/mol. The fourth-order valence-electron chi connectivity index (χ4n) is 0.726. The second-order valence-corrected chi connectivity index (χ2v) is 4.86. The van der Waals surface area contributed by atoms with Crippen molar-refractivity contribution < 1.29 is 9.49 Å². The van der Waals surface area contributed by atoms with Crippen molar-refractivity contribution in [1.29, 1.82) is 0 Å². The van der Waals surface area contributed by atoms with Crippen molar-refractivity contribution in [1.82, 2.24) is 5.64 Å². The van der Waals surface area contributed by atoms with Crippen LogP contribution >= 0.6 is 12.0 Å². The van der Waals surface area contributed by atoms with Gasteiger partial charge >= 0.3 is 0 Å². The monoisotopic (exact) mass is 209 g/mol. The summed E-state index contributed by atoms with van der Waals surface area (Å²) in [4.78, 5) is 0. The highest BCUT2D eigenvalue weighted by Gasteiger charge is 2.19. The van der Waals surface area contributed by atoms with Crippen LogP contribution in [0.15, 0.2) is 0 Å². The zero-order chi connectivity index (χ0) is 9.61. The average molecular weight is 209 g/mol. The lowest BCUT2D eigenvalue weighted by Gasteiger charge is -2.26. The Morgan fingerprint density at radius 3 is 2.38 bits per heavy atom. The van der Waals surface area contributed by atoms with Gasteiger partial charge in [0.05, 0.1) is 0 Å². The predicted octanol–water partition coefficient (Wildman–Crippen LogP) is 3.25. The molecule has 13 heavy (non-hydrogen) atoms. The van der Waals surface area contributed by atoms with Gasteiger partial charge in [-0.05, 0) is 17.8 Å². The zero-order valence-corrected chi connectivity index (χ0v) is 9.07. The van der Waals surface area contributed by atoms with Crippen LogP contribution in [0.1, 0.15) is 41.5 Å². The molecule has 2 N–H and O–H groups in total. The molecule has 0 amide bonds. The summed E-state index contributed by atoms with van der Waals surface area (Å²) in [5.74, 6) is 1.55. The van der Waals surface area contributed by atoms with E-state index in [0.29, 0.717) is 11.3 Å². The molecule has 0 aromatic heterocycles. The van der Waals surface area contributed by atoms with Gasteiger partial charge in [-0.3, -0.25) is 5.21 Å². The molecule has 0 aliphatic rings. The lowest BCUT2D eigenvalue weighted by Crippen LogP contribution is -2.18. The quantitative estimate of drug-likeness (QED) is 0.414. The van der Waals surface area contributed by atoms with E-state index in [0.717, 1.165) is 12.2 Å². The minimum atomic E-state index is 0. The maximum absolute atomic E-state index is 8.10. The average Bonchev–Trinajstić information content (AvgIpc) is 1.96. The molecule has 0 rings (SSSR count). The molecule has 0 bridgehead atoms. The third-order valence-electron chi connectivity index (χ3n) is 2.21. The van der Waals surface area contributed by atoms with Crippen LogP contribution < -0.4 is 5.64 Å². The number of hydrogen-bond donors (Lipinski definition) is 2. The van der Waals surface area contributed by atoms with Crippen molar-refractivity contribution in [3.63, 3.8) is 0 Å². The van der Waals surface area contributed by atoms with Crippen molar-refractivity contribution in [3.05, 3.63) is 0 Å². The fraction of sp³-hybridized carbons (Fsp3) is 1.00. The number of rotatable bonds is 5. The maximum atomic E-state index is 8.10. The van der Waals surface area contributed by atoms with Crippen molar-refractivity contribution in [3.8, 4) is 0 Å². The Morgan fingerprint density at radius 1 is 1.46 bits per heavy atom. The first-order chi connectivity index (χ1) is 5.48. The van der Waals surface area contributed by atoms with E-state index in [4.69, 9.17) is 5.21 Å². The summed E-state index contributed by atoms with van der Waals surface area (Å²) in [5, 5.41) is 8.10. The molecule has 4 heteroatoms. The Hall–Kier alpha value is 0.230. The minimum Gasteiger partial charge on any atom is -0.291 e. The molecule has 0 aromatic rings. The molecule has 0 saturated heterocycles. The first kappa shape index (κ1) is 15.7. The van der Waals surface area contributed by atoms with Crippen LogP contribution in [-0.2, 0) is 4.28 Å². The molecule has 0 aromatic carbocycles. The van der Waals surface area contributed by atoms with Crippen molar-refractivity contribution in [2.24, 2.45) is 11.3 Å². The van der Waals surface area contributed by atoms with Gasteiger partial charge in [-0.2, -0.15) is 0 Å². The normalized spacial score (nSPS) is 13.6. The highest BCUT2D eigenvalue weighted by molar-refractivity contribution is 7.94. The number of hydrogen-bond acceptors (Lipinski definition) is 4. The van der Waals surface area contributed by atoms with Gasteiger partial charge in [0.1, 0.15) is 0 Å². The highest BCUT2D eigenvalue weighted by atomic mass is 32.2. The van der Waals surface area contributed by atoms with E-state index in [9.17, 15) is 0 Å². The largest absolute Gasteiger partial charge is 0.291 e. The third-order valence-corrected chi connectivity index (χ3v) is 2.80. The van der Waals surface area contributed by atoms with Crippen LogP contribution in [0, 0.1) is 11.3 Å². The minimum absolute atomic E-state index is 0. The van der Waals surface area contributed by atoms with E-state index in [1.165, 1.54) is 12.0 Å². The molecular formula is C9H23NO2S. The van der Waals surface area contributed by atoms with E-state index in [1.807, 2.05) is 0 Å². The van der Waals surface area contributed by atoms with Crippen LogP contribution in [0.2, 0.25) is 0 Å². The van der Waals surface area contributed by atoms with Gasteiger partial charge in [0, 0.05) is 17.8 Å². The first-order valence-electron chi connectivity index (χ1n) is 4.16. The summed E-state index contributed by atoms with van der Waals surface area (Å²) < 4.78 is 4.52. The van der Waals surface area contributed by atoms with Crippen LogP contribution in [0.25, 0.3) is 0 Å². The zero-order valence-electron chi connectivity index (χ0n) is 8.26. The SMILES string of the molecule is C.CC(CCSONO)C(C)(C)C. The molecule has 1 atom stereocenters. The molecule has 0 radical (unpaired) electrons. The van der Waals surface area contributed by atoms with Gasteiger partial charge in [-0.25, -0.2) is 4.28 Å². The molecule has 82 valence electrons. The van der Waals surface area contributed by atoms with E-state index < -0.39 is 0 Å².